The molecule has 2 unspecified atom stereocenters. The van der Waals surface area contributed by atoms with E-state index in [1.807, 2.05) is 6.07 Å². The molecule has 0 saturated carbocycles. The normalized spacial score (nSPS) is 20.3. The van der Waals surface area contributed by atoms with Crippen molar-refractivity contribution in [1.29, 1.82) is 0 Å². The molecule has 2 atom stereocenters. The molecule has 1 N–H and O–H groups in total. The van der Waals surface area contributed by atoms with Crippen LogP contribution in [0.1, 0.15) is 39.6 Å². The number of esters is 1. The minimum Gasteiger partial charge on any atom is -0.461 e. The van der Waals surface area contributed by atoms with Crippen LogP contribution in [-0.2, 0) is 21.6 Å². The summed E-state index contributed by atoms with van der Waals surface area (Å²) in [6, 6.07) is 22.9. The summed E-state index contributed by atoms with van der Waals surface area (Å²) in [5, 5.41) is 11.7. The van der Waals surface area contributed by atoms with Crippen molar-refractivity contribution in [3.63, 3.8) is 0 Å². The van der Waals surface area contributed by atoms with E-state index in [0.29, 0.717) is 21.7 Å². The lowest BCUT2D eigenvalue weighted by atomic mass is 9.72. The van der Waals surface area contributed by atoms with Crippen molar-refractivity contribution in [3.8, 4) is 0 Å². The highest BCUT2D eigenvalue weighted by atomic mass is 35.5. The van der Waals surface area contributed by atoms with Gasteiger partial charge in [0.2, 0.25) is 0 Å². The third-order valence-corrected chi connectivity index (χ3v) is 5.65. The lowest BCUT2D eigenvalue weighted by Gasteiger charge is -2.31. The van der Waals surface area contributed by atoms with Gasteiger partial charge in [0.1, 0.15) is 6.61 Å². The van der Waals surface area contributed by atoms with Crippen molar-refractivity contribution in [2.24, 2.45) is 0 Å². The second-order valence-electron chi connectivity index (χ2n) is 7.12. The molecule has 0 radical (unpaired) electrons. The molecule has 0 heterocycles. The first-order valence-electron chi connectivity index (χ1n) is 9.30. The van der Waals surface area contributed by atoms with E-state index in [-0.39, 0.29) is 18.8 Å². The van der Waals surface area contributed by atoms with Gasteiger partial charge in [0, 0.05) is 10.6 Å². The molecule has 0 fully saturated rings. The Kier molecular flexibility index (Phi) is 5.22. The highest BCUT2D eigenvalue weighted by Crippen LogP contribution is 2.49. The van der Waals surface area contributed by atoms with E-state index in [2.05, 4.69) is 0 Å². The summed E-state index contributed by atoms with van der Waals surface area (Å²) in [6.07, 6.45) is -1.38. The third-order valence-electron chi connectivity index (χ3n) is 5.40. The molecule has 0 aliphatic heterocycles. The number of Topliss-reactive ketones (excluding diaryl/α,β-unsaturated/α-hetero) is 1. The van der Waals surface area contributed by atoms with Crippen molar-refractivity contribution < 1.29 is 19.4 Å². The maximum atomic E-state index is 13.4. The van der Waals surface area contributed by atoms with Gasteiger partial charge in [-0.15, -0.1) is 0 Å². The Morgan fingerprint density at radius 1 is 0.966 bits per heavy atom. The molecular formula is C24H19ClO4. The average Bonchev–Trinajstić information content (AvgIpc) is 2.97. The highest BCUT2D eigenvalue weighted by Gasteiger charge is 2.55. The topological polar surface area (TPSA) is 63.6 Å². The third kappa shape index (κ3) is 3.46. The molecule has 29 heavy (non-hydrogen) atoms. The quantitative estimate of drug-likeness (QED) is 0.627. The Bertz CT molecular complexity index is 1050. The standard InChI is InChI=1S/C24H19ClO4/c25-18-12-10-16(11-13-18)15-29-21(26)14-24(17-6-2-1-3-7-17)22(27)19-8-4-5-9-20(19)23(24)28/h1-13,22,27H,14-15H2. The van der Waals surface area contributed by atoms with Crippen molar-refractivity contribution >= 4 is 23.4 Å². The van der Waals surface area contributed by atoms with E-state index in [4.69, 9.17) is 16.3 Å². The SMILES string of the molecule is O=C(CC1(c2ccccc2)C(=O)c2ccccc2C1O)OCc1ccc(Cl)cc1. The lowest BCUT2D eigenvalue weighted by Crippen LogP contribution is -2.39. The van der Waals surface area contributed by atoms with Crippen molar-refractivity contribution in [1.82, 2.24) is 0 Å². The monoisotopic (exact) mass is 406 g/mol. The Labute approximate surface area is 173 Å². The average molecular weight is 407 g/mol. The van der Waals surface area contributed by atoms with Gasteiger partial charge in [-0.3, -0.25) is 9.59 Å². The first-order chi connectivity index (χ1) is 14.0. The number of aliphatic hydroxyl groups excluding tert-OH is 1. The number of fused-ring (bicyclic) bond motifs is 1. The highest BCUT2D eigenvalue weighted by molar-refractivity contribution is 6.30. The molecule has 3 aromatic carbocycles. The first kappa shape index (κ1) is 19.4. The summed E-state index contributed by atoms with van der Waals surface area (Å²) in [5.41, 5.74) is 0.957. The first-order valence-corrected chi connectivity index (χ1v) is 9.67. The van der Waals surface area contributed by atoms with Crippen LogP contribution in [0.4, 0.5) is 0 Å². The smallest absolute Gasteiger partial charge is 0.307 e. The van der Waals surface area contributed by atoms with Gasteiger partial charge in [0.05, 0.1) is 17.9 Å². The van der Waals surface area contributed by atoms with E-state index >= 15 is 0 Å². The van der Waals surface area contributed by atoms with E-state index < -0.39 is 17.5 Å². The maximum absolute atomic E-state index is 13.4. The van der Waals surface area contributed by atoms with E-state index in [0.717, 1.165) is 5.56 Å². The molecule has 0 spiro atoms. The number of ketones is 1. The van der Waals surface area contributed by atoms with Crippen LogP contribution in [0.5, 0.6) is 0 Å². The molecule has 146 valence electrons. The summed E-state index contributed by atoms with van der Waals surface area (Å²) in [5.74, 6) is -0.820. The van der Waals surface area contributed by atoms with Gasteiger partial charge in [0.25, 0.3) is 0 Å². The van der Waals surface area contributed by atoms with Crippen LogP contribution in [0, 0.1) is 0 Å². The van der Waals surface area contributed by atoms with Crippen LogP contribution >= 0.6 is 11.6 Å². The second-order valence-corrected chi connectivity index (χ2v) is 7.56. The van der Waals surface area contributed by atoms with Crippen LogP contribution in [0.15, 0.2) is 78.9 Å². The summed E-state index contributed by atoms with van der Waals surface area (Å²) in [6.45, 7) is 0.0676. The Balaban J connectivity index is 1.63. The Morgan fingerprint density at radius 3 is 2.31 bits per heavy atom. The van der Waals surface area contributed by atoms with Crippen molar-refractivity contribution in [2.75, 3.05) is 0 Å². The molecule has 5 heteroatoms. The predicted molar refractivity (Wildman–Crippen MR) is 110 cm³/mol. The Hall–Kier alpha value is -2.95. The summed E-state index contributed by atoms with van der Waals surface area (Å²) in [4.78, 5) is 26.1. The number of hydrogen-bond donors (Lipinski definition) is 1. The molecule has 4 nitrogen and oxygen atoms in total. The molecule has 1 aliphatic rings. The van der Waals surface area contributed by atoms with Crippen LogP contribution in [-0.4, -0.2) is 16.9 Å². The van der Waals surface area contributed by atoms with Gasteiger partial charge in [-0.2, -0.15) is 0 Å². The zero-order valence-corrected chi connectivity index (χ0v) is 16.3. The Morgan fingerprint density at radius 2 is 1.62 bits per heavy atom. The molecule has 0 saturated heterocycles. The zero-order valence-electron chi connectivity index (χ0n) is 15.5. The summed E-state index contributed by atoms with van der Waals surface area (Å²) < 4.78 is 5.43. The van der Waals surface area contributed by atoms with Crippen LogP contribution in [0.2, 0.25) is 5.02 Å². The number of carbonyl (C=O) groups excluding carboxylic acids is 2. The van der Waals surface area contributed by atoms with Gasteiger partial charge in [-0.25, -0.2) is 0 Å². The second kappa shape index (κ2) is 7.82. The molecular weight excluding hydrogens is 388 g/mol. The van der Waals surface area contributed by atoms with Crippen molar-refractivity contribution in [2.45, 2.75) is 24.5 Å². The summed E-state index contributed by atoms with van der Waals surface area (Å²) in [7, 11) is 0. The van der Waals surface area contributed by atoms with Crippen LogP contribution in [0.25, 0.3) is 0 Å². The minimum atomic E-state index is -1.40. The molecule has 4 rings (SSSR count). The van der Waals surface area contributed by atoms with Gasteiger partial charge < -0.3 is 9.84 Å². The fraction of sp³-hybridized carbons (Fsp3) is 0.167. The summed E-state index contributed by atoms with van der Waals surface area (Å²) >= 11 is 5.88. The minimum absolute atomic E-state index is 0.0676. The molecule has 1 aliphatic carbocycles. The molecule has 3 aromatic rings. The maximum Gasteiger partial charge on any atom is 0.307 e. The van der Waals surface area contributed by atoms with E-state index in [9.17, 15) is 14.7 Å². The van der Waals surface area contributed by atoms with Crippen LogP contribution in [0.3, 0.4) is 0 Å². The number of aliphatic hydroxyl groups is 1. The number of benzene rings is 3. The number of rotatable bonds is 5. The predicted octanol–water partition coefficient (Wildman–Crippen LogP) is 4.64. The van der Waals surface area contributed by atoms with Crippen LogP contribution < -0.4 is 0 Å². The fourth-order valence-corrected chi connectivity index (χ4v) is 4.02. The van der Waals surface area contributed by atoms with E-state index in [1.54, 1.807) is 72.8 Å². The van der Waals surface area contributed by atoms with Gasteiger partial charge in [-0.1, -0.05) is 78.3 Å². The zero-order chi connectivity index (χ0) is 20.4. The number of halogens is 1. The molecule has 0 aromatic heterocycles. The number of ether oxygens (including phenoxy) is 1. The van der Waals surface area contributed by atoms with E-state index in [1.165, 1.54) is 0 Å². The van der Waals surface area contributed by atoms with Gasteiger partial charge in [-0.05, 0) is 28.8 Å². The fourth-order valence-electron chi connectivity index (χ4n) is 3.90. The molecule has 0 amide bonds. The largest absolute Gasteiger partial charge is 0.461 e. The van der Waals surface area contributed by atoms with Crippen molar-refractivity contribution in [3.05, 3.63) is 106 Å². The number of hydrogen-bond acceptors (Lipinski definition) is 4. The van der Waals surface area contributed by atoms with Gasteiger partial charge in [0.15, 0.2) is 5.78 Å². The molecule has 0 bridgehead atoms. The number of carbonyl (C=O) groups is 2. The lowest BCUT2D eigenvalue weighted by molar-refractivity contribution is -0.147. The van der Waals surface area contributed by atoms with Gasteiger partial charge >= 0.3 is 5.97 Å².